The fourth-order valence-electron chi connectivity index (χ4n) is 4.37. The first-order valence-corrected chi connectivity index (χ1v) is 9.09. The van der Waals surface area contributed by atoms with Gasteiger partial charge in [0.25, 0.3) is 5.91 Å². The molecular weight excluding hydrogens is 332 g/mol. The average molecular weight is 354 g/mol. The highest BCUT2D eigenvalue weighted by molar-refractivity contribution is 5.91. The van der Waals surface area contributed by atoms with Gasteiger partial charge in [-0.15, -0.1) is 5.10 Å². The second-order valence-corrected chi connectivity index (χ2v) is 7.19. The zero-order valence-electron chi connectivity index (χ0n) is 14.8. The van der Waals surface area contributed by atoms with Gasteiger partial charge in [0.15, 0.2) is 0 Å². The second-order valence-electron chi connectivity index (χ2n) is 7.19. The number of aryl methyl sites for hydroxylation is 1. The molecule has 2 atom stereocenters. The first kappa shape index (κ1) is 16.8. The third-order valence-electron chi connectivity index (χ3n) is 5.77. The third-order valence-corrected chi connectivity index (χ3v) is 5.77. The Hall–Kier alpha value is -2.70. The van der Waals surface area contributed by atoms with Crippen molar-refractivity contribution >= 4 is 11.9 Å². The van der Waals surface area contributed by atoms with Crippen LogP contribution in [0.2, 0.25) is 0 Å². The summed E-state index contributed by atoms with van der Waals surface area (Å²) < 4.78 is 1.69. The van der Waals surface area contributed by atoms with Gasteiger partial charge in [0.05, 0.1) is 11.1 Å². The maximum Gasteiger partial charge on any atom is 0.311 e. The van der Waals surface area contributed by atoms with Crippen LogP contribution < -0.4 is 0 Å². The van der Waals surface area contributed by atoms with Gasteiger partial charge in [0.1, 0.15) is 5.82 Å². The lowest BCUT2D eigenvalue weighted by Crippen LogP contribution is -2.37. The molecule has 2 heterocycles. The second kappa shape index (κ2) is 6.23. The summed E-state index contributed by atoms with van der Waals surface area (Å²) in [4.78, 5) is 30.8. The highest BCUT2D eigenvalue weighted by Crippen LogP contribution is 2.49. The number of benzene rings is 1. The number of carbonyl (C=O) groups is 2. The molecule has 26 heavy (non-hydrogen) atoms. The number of para-hydroxylation sites is 1. The van der Waals surface area contributed by atoms with Crippen molar-refractivity contribution in [2.24, 2.45) is 11.3 Å². The quantitative estimate of drug-likeness (QED) is 0.909. The van der Waals surface area contributed by atoms with Crippen molar-refractivity contribution in [2.45, 2.75) is 32.6 Å². The molecule has 1 aliphatic carbocycles. The highest BCUT2D eigenvalue weighted by Gasteiger charge is 2.56. The van der Waals surface area contributed by atoms with Gasteiger partial charge in [0, 0.05) is 19.5 Å². The minimum Gasteiger partial charge on any atom is -0.481 e. The van der Waals surface area contributed by atoms with Crippen LogP contribution >= 0.6 is 0 Å². The van der Waals surface area contributed by atoms with E-state index >= 15 is 0 Å². The lowest BCUT2D eigenvalue weighted by atomic mass is 9.81. The molecule has 7 heteroatoms. The molecule has 1 aromatic heterocycles. The number of hydrogen-bond donors (Lipinski definition) is 1. The van der Waals surface area contributed by atoms with Gasteiger partial charge < -0.3 is 10.0 Å². The number of amides is 1. The summed E-state index contributed by atoms with van der Waals surface area (Å²) >= 11 is 0. The standard InChI is InChI=1S/C19H22N4O3/c1-2-15-20-16(21-23(15)14-8-4-3-5-9-14)17(24)22-11-13-7-6-10-19(13,12-22)18(25)26/h3-5,8-9,13H,2,6-7,10-12H2,1H3,(H,25,26)/t13-,19+/m0/s1. The van der Waals surface area contributed by atoms with E-state index in [1.54, 1.807) is 9.58 Å². The number of aromatic nitrogens is 3. The summed E-state index contributed by atoms with van der Waals surface area (Å²) in [6.07, 6.45) is 3.07. The zero-order chi connectivity index (χ0) is 18.3. The van der Waals surface area contributed by atoms with Crippen molar-refractivity contribution in [3.63, 3.8) is 0 Å². The molecule has 0 bridgehead atoms. The van der Waals surface area contributed by atoms with Gasteiger partial charge in [-0.1, -0.05) is 31.5 Å². The van der Waals surface area contributed by atoms with Crippen molar-refractivity contribution < 1.29 is 14.7 Å². The van der Waals surface area contributed by atoms with Crippen LogP contribution in [-0.4, -0.2) is 49.7 Å². The molecule has 1 aromatic carbocycles. The maximum absolute atomic E-state index is 13.0. The molecule has 1 saturated carbocycles. The van der Waals surface area contributed by atoms with Crippen LogP contribution in [0.15, 0.2) is 30.3 Å². The Morgan fingerprint density at radius 3 is 2.73 bits per heavy atom. The first-order valence-electron chi connectivity index (χ1n) is 9.09. The Labute approximate surface area is 151 Å². The van der Waals surface area contributed by atoms with E-state index in [0.29, 0.717) is 25.2 Å². The van der Waals surface area contributed by atoms with Crippen LogP contribution in [0.25, 0.3) is 5.69 Å². The summed E-state index contributed by atoms with van der Waals surface area (Å²) in [6, 6.07) is 9.59. The largest absolute Gasteiger partial charge is 0.481 e. The van der Waals surface area contributed by atoms with Crippen LogP contribution in [0.4, 0.5) is 0 Å². The summed E-state index contributed by atoms with van der Waals surface area (Å²) in [5.74, 6) is -0.166. The summed E-state index contributed by atoms with van der Waals surface area (Å²) in [5.41, 5.74) is 0.0711. The predicted molar refractivity (Wildman–Crippen MR) is 94.1 cm³/mol. The minimum atomic E-state index is -0.786. The molecule has 2 aliphatic rings. The van der Waals surface area contributed by atoms with Crippen molar-refractivity contribution in [2.75, 3.05) is 13.1 Å². The van der Waals surface area contributed by atoms with E-state index < -0.39 is 11.4 Å². The van der Waals surface area contributed by atoms with E-state index in [9.17, 15) is 14.7 Å². The van der Waals surface area contributed by atoms with Crippen LogP contribution in [0, 0.1) is 11.3 Å². The van der Waals surface area contributed by atoms with E-state index in [2.05, 4.69) is 10.1 Å². The van der Waals surface area contributed by atoms with E-state index in [1.165, 1.54) is 0 Å². The molecule has 0 spiro atoms. The number of carboxylic acids is 1. The predicted octanol–water partition coefficient (Wildman–Crippen LogP) is 2.16. The van der Waals surface area contributed by atoms with E-state index in [4.69, 9.17) is 0 Å². The number of carbonyl (C=O) groups excluding carboxylic acids is 1. The molecule has 1 aliphatic heterocycles. The van der Waals surface area contributed by atoms with Gasteiger partial charge in [-0.05, 0) is 30.9 Å². The van der Waals surface area contributed by atoms with Crippen molar-refractivity contribution in [3.8, 4) is 5.69 Å². The van der Waals surface area contributed by atoms with Crippen LogP contribution in [-0.2, 0) is 11.2 Å². The van der Waals surface area contributed by atoms with Crippen LogP contribution in [0.1, 0.15) is 42.6 Å². The average Bonchev–Trinajstić information content (AvgIpc) is 3.34. The van der Waals surface area contributed by atoms with Gasteiger partial charge in [-0.3, -0.25) is 9.59 Å². The molecular formula is C19H22N4O3. The summed E-state index contributed by atoms with van der Waals surface area (Å²) in [6.45, 7) is 2.71. The van der Waals surface area contributed by atoms with Gasteiger partial charge in [-0.25, -0.2) is 9.67 Å². The Bertz CT molecular complexity index is 848. The number of hydrogen-bond acceptors (Lipinski definition) is 4. The van der Waals surface area contributed by atoms with E-state index in [-0.39, 0.29) is 24.2 Å². The fourth-order valence-corrected chi connectivity index (χ4v) is 4.37. The van der Waals surface area contributed by atoms with Crippen molar-refractivity contribution in [1.29, 1.82) is 0 Å². The molecule has 2 aromatic rings. The maximum atomic E-state index is 13.0. The lowest BCUT2D eigenvalue weighted by molar-refractivity contribution is -0.149. The number of nitrogens with zero attached hydrogens (tertiary/aromatic N) is 4. The Morgan fingerprint density at radius 1 is 1.31 bits per heavy atom. The van der Waals surface area contributed by atoms with Gasteiger partial charge >= 0.3 is 5.97 Å². The van der Waals surface area contributed by atoms with Gasteiger partial charge in [0.2, 0.25) is 5.82 Å². The highest BCUT2D eigenvalue weighted by atomic mass is 16.4. The Kier molecular flexibility index (Phi) is 4.01. The smallest absolute Gasteiger partial charge is 0.311 e. The molecule has 0 unspecified atom stereocenters. The first-order chi connectivity index (χ1) is 12.5. The van der Waals surface area contributed by atoms with E-state index in [1.807, 2.05) is 37.3 Å². The topological polar surface area (TPSA) is 88.3 Å². The number of likely N-dealkylation sites (tertiary alicyclic amines) is 1. The third kappa shape index (κ3) is 2.50. The molecule has 136 valence electrons. The number of fused-ring (bicyclic) bond motifs is 1. The SMILES string of the molecule is CCc1nc(C(=O)N2C[C@@H]3CCC[C@@]3(C(=O)O)C2)nn1-c1ccccc1. The van der Waals surface area contributed by atoms with Crippen LogP contribution in [0.5, 0.6) is 0 Å². The monoisotopic (exact) mass is 354 g/mol. The van der Waals surface area contributed by atoms with Crippen LogP contribution in [0.3, 0.4) is 0 Å². The Morgan fingerprint density at radius 2 is 2.08 bits per heavy atom. The summed E-state index contributed by atoms with van der Waals surface area (Å²) in [5, 5.41) is 14.1. The molecule has 2 fully saturated rings. The molecule has 7 nitrogen and oxygen atoms in total. The van der Waals surface area contributed by atoms with Crippen molar-refractivity contribution in [1.82, 2.24) is 19.7 Å². The zero-order valence-corrected chi connectivity index (χ0v) is 14.8. The normalized spacial score (nSPS) is 24.7. The summed E-state index contributed by atoms with van der Waals surface area (Å²) in [7, 11) is 0. The Balaban J connectivity index is 1.62. The minimum absolute atomic E-state index is 0.0332. The lowest BCUT2D eigenvalue weighted by Gasteiger charge is -2.22. The molecule has 1 amide bonds. The molecule has 4 rings (SSSR count). The number of carboxylic acid groups (broad SMARTS) is 1. The van der Waals surface area contributed by atoms with E-state index in [0.717, 1.165) is 18.5 Å². The molecule has 1 saturated heterocycles. The number of rotatable bonds is 4. The molecule has 1 N–H and O–H groups in total. The fraction of sp³-hybridized carbons (Fsp3) is 0.474. The van der Waals surface area contributed by atoms with Crippen molar-refractivity contribution in [3.05, 3.63) is 42.0 Å². The van der Waals surface area contributed by atoms with Gasteiger partial charge in [-0.2, -0.15) is 0 Å². The molecule has 0 radical (unpaired) electrons. The number of aliphatic carboxylic acids is 1.